The van der Waals surface area contributed by atoms with Crippen LogP contribution in [0.5, 0.6) is 0 Å². The fraction of sp³-hybridized carbons (Fsp3) is 0.958. The number of amides is 1. The van der Waals surface area contributed by atoms with Crippen molar-refractivity contribution in [2.24, 2.45) is 0 Å². The average Bonchev–Trinajstić information content (AvgIpc) is 2.74. The molecule has 0 radical (unpaired) electrons. The van der Waals surface area contributed by atoms with Crippen LogP contribution < -0.4 is 0 Å². The highest BCUT2D eigenvalue weighted by Gasteiger charge is 2.18. The van der Waals surface area contributed by atoms with Crippen LogP contribution in [-0.4, -0.2) is 71.2 Å². The second kappa shape index (κ2) is 21.5. The van der Waals surface area contributed by atoms with Gasteiger partial charge >= 0.3 is 0 Å². The number of hydrogen-bond acceptors (Lipinski definition) is 5. The molecule has 0 rings (SSSR count). The topological polar surface area (TPSA) is 90.2 Å². The van der Waals surface area contributed by atoms with Gasteiger partial charge in [-0.15, -0.1) is 0 Å². The second-order valence-electron chi connectivity index (χ2n) is 8.25. The predicted molar refractivity (Wildman–Crippen MR) is 122 cm³/mol. The van der Waals surface area contributed by atoms with Crippen LogP contribution in [0.1, 0.15) is 104 Å². The molecule has 0 heterocycles. The van der Waals surface area contributed by atoms with Gasteiger partial charge in [0.05, 0.1) is 25.4 Å². The van der Waals surface area contributed by atoms with Gasteiger partial charge in [-0.05, 0) is 26.2 Å². The maximum absolute atomic E-state index is 12.1. The first kappa shape index (κ1) is 29.3. The van der Waals surface area contributed by atoms with Crippen molar-refractivity contribution < 1.29 is 24.9 Å². The van der Waals surface area contributed by atoms with Crippen molar-refractivity contribution in [1.82, 2.24) is 4.90 Å². The minimum atomic E-state index is -0.363. The van der Waals surface area contributed by atoms with Crippen molar-refractivity contribution in [1.29, 1.82) is 0 Å². The summed E-state index contributed by atoms with van der Waals surface area (Å²) in [5, 5.41) is 28.5. The lowest BCUT2D eigenvalue weighted by Crippen LogP contribution is -2.35. The molecule has 1 amide bonds. The third kappa shape index (κ3) is 16.1. The number of aliphatic hydroxyl groups is 3. The zero-order chi connectivity index (χ0) is 22.5. The summed E-state index contributed by atoms with van der Waals surface area (Å²) in [7, 11) is 0. The highest BCUT2D eigenvalue weighted by atomic mass is 16.5. The Morgan fingerprint density at radius 1 is 0.800 bits per heavy atom. The molecule has 0 saturated heterocycles. The highest BCUT2D eigenvalue weighted by Crippen LogP contribution is 2.17. The molecule has 2 unspecified atom stereocenters. The molecule has 180 valence electrons. The Labute approximate surface area is 185 Å². The summed E-state index contributed by atoms with van der Waals surface area (Å²) in [6.07, 6.45) is 14.2. The van der Waals surface area contributed by atoms with Crippen LogP contribution >= 0.6 is 0 Å². The van der Waals surface area contributed by atoms with Crippen LogP contribution in [0.15, 0.2) is 0 Å². The average molecular weight is 432 g/mol. The monoisotopic (exact) mass is 431 g/mol. The molecule has 6 heteroatoms. The molecule has 0 aromatic rings. The van der Waals surface area contributed by atoms with E-state index in [1.165, 1.54) is 37.0 Å². The van der Waals surface area contributed by atoms with Gasteiger partial charge in [0.25, 0.3) is 0 Å². The number of unbranched alkanes of at least 4 members (excludes halogenated alkanes) is 9. The summed E-state index contributed by atoms with van der Waals surface area (Å²) in [5.74, 6) is 0.00678. The molecule has 30 heavy (non-hydrogen) atoms. The summed E-state index contributed by atoms with van der Waals surface area (Å²) in [4.78, 5) is 13.6. The Hall–Kier alpha value is -0.690. The standard InChI is InChI=1S/C24H49NO5/c1-3-5-6-7-9-12-15-22(28)23(30-4-2)16-13-10-8-11-14-17-24(29)25(18-20-26)19-21-27/h22-23,26-28H,3-21H2,1-2H3. The minimum Gasteiger partial charge on any atom is -0.395 e. The van der Waals surface area contributed by atoms with Gasteiger partial charge in [-0.2, -0.15) is 0 Å². The zero-order valence-corrected chi connectivity index (χ0v) is 19.7. The summed E-state index contributed by atoms with van der Waals surface area (Å²) in [6.45, 7) is 5.28. The fourth-order valence-corrected chi connectivity index (χ4v) is 3.83. The van der Waals surface area contributed by atoms with Gasteiger partial charge < -0.3 is 25.0 Å². The van der Waals surface area contributed by atoms with Crippen molar-refractivity contribution in [2.45, 2.75) is 116 Å². The van der Waals surface area contributed by atoms with Crippen molar-refractivity contribution >= 4 is 5.91 Å². The van der Waals surface area contributed by atoms with Gasteiger partial charge in [0, 0.05) is 26.1 Å². The summed E-state index contributed by atoms with van der Waals surface area (Å²) in [6, 6.07) is 0. The first-order valence-corrected chi connectivity index (χ1v) is 12.4. The normalized spacial score (nSPS) is 13.4. The van der Waals surface area contributed by atoms with E-state index in [9.17, 15) is 9.90 Å². The smallest absolute Gasteiger partial charge is 0.222 e. The molecule has 0 aromatic carbocycles. The molecule has 3 N–H and O–H groups in total. The van der Waals surface area contributed by atoms with Gasteiger partial charge in [0.2, 0.25) is 5.91 Å². The van der Waals surface area contributed by atoms with Crippen molar-refractivity contribution in [3.8, 4) is 0 Å². The lowest BCUT2D eigenvalue weighted by molar-refractivity contribution is -0.132. The molecule has 0 aromatic heterocycles. The van der Waals surface area contributed by atoms with Crippen LogP contribution in [0.2, 0.25) is 0 Å². The van der Waals surface area contributed by atoms with E-state index in [-0.39, 0.29) is 31.3 Å². The Morgan fingerprint density at radius 2 is 1.33 bits per heavy atom. The minimum absolute atomic E-state index is 0.00678. The predicted octanol–water partition coefficient (Wildman–Crippen LogP) is 4.05. The first-order chi connectivity index (χ1) is 14.6. The molecular weight excluding hydrogens is 382 g/mol. The molecule has 2 atom stereocenters. The first-order valence-electron chi connectivity index (χ1n) is 12.4. The van der Waals surface area contributed by atoms with Crippen LogP contribution in [0.4, 0.5) is 0 Å². The number of hydrogen-bond donors (Lipinski definition) is 3. The van der Waals surface area contributed by atoms with Gasteiger partial charge in [0.15, 0.2) is 0 Å². The zero-order valence-electron chi connectivity index (χ0n) is 19.7. The SMILES string of the molecule is CCCCCCCCC(O)C(CCCCCCCC(=O)N(CCO)CCO)OCC. The van der Waals surface area contributed by atoms with E-state index in [1.807, 2.05) is 6.92 Å². The molecule has 6 nitrogen and oxygen atoms in total. The third-order valence-corrected chi connectivity index (χ3v) is 5.64. The maximum atomic E-state index is 12.1. The Bertz CT molecular complexity index is 375. The van der Waals surface area contributed by atoms with Crippen LogP contribution in [0, 0.1) is 0 Å². The summed E-state index contributed by atoms with van der Waals surface area (Å²) >= 11 is 0. The van der Waals surface area contributed by atoms with Gasteiger partial charge in [-0.3, -0.25) is 4.79 Å². The molecule has 0 spiro atoms. The van der Waals surface area contributed by atoms with E-state index < -0.39 is 0 Å². The number of carbonyl (C=O) groups excluding carboxylic acids is 1. The maximum Gasteiger partial charge on any atom is 0.222 e. The van der Waals surface area contributed by atoms with Crippen LogP contribution in [0.3, 0.4) is 0 Å². The molecule has 0 aliphatic heterocycles. The van der Waals surface area contributed by atoms with Crippen LogP contribution in [0.25, 0.3) is 0 Å². The molecule has 0 aliphatic rings. The van der Waals surface area contributed by atoms with Crippen molar-refractivity contribution in [2.75, 3.05) is 32.9 Å². The number of ether oxygens (including phenoxy) is 1. The quantitative estimate of drug-likeness (QED) is 0.225. The third-order valence-electron chi connectivity index (χ3n) is 5.64. The van der Waals surface area contributed by atoms with Gasteiger partial charge in [-0.1, -0.05) is 71.1 Å². The van der Waals surface area contributed by atoms with Crippen molar-refractivity contribution in [3.63, 3.8) is 0 Å². The molecule has 0 bridgehead atoms. The van der Waals surface area contributed by atoms with E-state index in [0.717, 1.165) is 51.4 Å². The number of carbonyl (C=O) groups is 1. The number of nitrogens with zero attached hydrogens (tertiary/aromatic N) is 1. The lowest BCUT2D eigenvalue weighted by atomic mass is 9.99. The molecule has 0 fully saturated rings. The van der Waals surface area contributed by atoms with Crippen LogP contribution in [-0.2, 0) is 9.53 Å². The van der Waals surface area contributed by atoms with E-state index >= 15 is 0 Å². The van der Waals surface area contributed by atoms with Crippen molar-refractivity contribution in [3.05, 3.63) is 0 Å². The molecule has 0 aliphatic carbocycles. The largest absolute Gasteiger partial charge is 0.395 e. The van der Waals surface area contributed by atoms with Gasteiger partial charge in [-0.25, -0.2) is 0 Å². The summed E-state index contributed by atoms with van der Waals surface area (Å²) in [5.41, 5.74) is 0. The summed E-state index contributed by atoms with van der Waals surface area (Å²) < 4.78 is 5.79. The fourth-order valence-electron chi connectivity index (χ4n) is 3.83. The Balaban J connectivity index is 3.87. The van der Waals surface area contributed by atoms with Gasteiger partial charge in [0.1, 0.15) is 0 Å². The Kier molecular flexibility index (Phi) is 21.0. The number of aliphatic hydroxyl groups excluding tert-OH is 3. The molecule has 0 saturated carbocycles. The Morgan fingerprint density at radius 3 is 1.90 bits per heavy atom. The van der Waals surface area contributed by atoms with E-state index in [0.29, 0.717) is 26.1 Å². The molecular formula is C24H49NO5. The van der Waals surface area contributed by atoms with E-state index in [2.05, 4.69) is 6.92 Å². The number of rotatable bonds is 22. The second-order valence-corrected chi connectivity index (χ2v) is 8.25. The van der Waals surface area contributed by atoms with E-state index in [1.54, 1.807) is 0 Å². The highest BCUT2D eigenvalue weighted by molar-refractivity contribution is 5.76. The van der Waals surface area contributed by atoms with E-state index in [4.69, 9.17) is 14.9 Å². The lowest BCUT2D eigenvalue weighted by Gasteiger charge is -2.23.